The van der Waals surface area contributed by atoms with Crippen molar-refractivity contribution in [3.8, 4) is 5.75 Å². The second-order valence-corrected chi connectivity index (χ2v) is 6.49. The molecule has 1 N–H and O–H groups in total. The lowest BCUT2D eigenvalue weighted by Gasteiger charge is -2.14. The minimum absolute atomic E-state index is 0.0541. The highest BCUT2D eigenvalue weighted by atomic mass is 16.5. The minimum Gasteiger partial charge on any atom is -0.494 e. The molecule has 0 aromatic heterocycles. The smallest absolute Gasteiger partial charge is 0.231 e. The van der Waals surface area contributed by atoms with Crippen LogP contribution in [0.5, 0.6) is 5.75 Å². The van der Waals surface area contributed by atoms with E-state index in [0.29, 0.717) is 23.4 Å². The molecule has 4 nitrogen and oxygen atoms in total. The van der Waals surface area contributed by atoms with Crippen LogP contribution in [0, 0.1) is 0 Å². The summed E-state index contributed by atoms with van der Waals surface area (Å²) in [5, 5.41) is 2.91. The second kappa shape index (κ2) is 9.00. The van der Waals surface area contributed by atoms with E-state index >= 15 is 0 Å². The highest BCUT2D eigenvalue weighted by Crippen LogP contribution is 2.22. The lowest BCUT2D eigenvalue weighted by Crippen LogP contribution is -2.19. The molecule has 3 aromatic rings. The molecule has 28 heavy (non-hydrogen) atoms. The minimum atomic E-state index is -0.393. The summed E-state index contributed by atoms with van der Waals surface area (Å²) < 4.78 is 5.41. The highest BCUT2D eigenvalue weighted by molar-refractivity contribution is 6.09. The molecular weight excluding hydrogens is 350 g/mol. The molecule has 3 rings (SSSR count). The Kier molecular flexibility index (Phi) is 6.22. The third-order valence-corrected chi connectivity index (χ3v) is 4.51. The molecule has 0 aliphatic heterocycles. The second-order valence-electron chi connectivity index (χ2n) is 6.49. The van der Waals surface area contributed by atoms with Crippen LogP contribution in [0.4, 0.5) is 5.69 Å². The highest BCUT2D eigenvalue weighted by Gasteiger charge is 2.17. The van der Waals surface area contributed by atoms with E-state index in [0.717, 1.165) is 11.3 Å². The van der Waals surface area contributed by atoms with Crippen LogP contribution in [0.15, 0.2) is 78.9 Å². The number of nitrogens with one attached hydrogen (secondary N) is 1. The van der Waals surface area contributed by atoms with Crippen molar-refractivity contribution in [3.63, 3.8) is 0 Å². The quantitative estimate of drug-likeness (QED) is 0.589. The maximum absolute atomic E-state index is 12.7. The summed E-state index contributed by atoms with van der Waals surface area (Å²) in [7, 11) is 0. The summed E-state index contributed by atoms with van der Waals surface area (Å²) in [6.45, 7) is 4.35. The fourth-order valence-electron chi connectivity index (χ4n) is 2.91. The number of benzene rings is 3. The number of ketones is 1. The Morgan fingerprint density at radius 1 is 0.893 bits per heavy atom. The average molecular weight is 373 g/mol. The zero-order valence-corrected chi connectivity index (χ0v) is 16.0. The first-order chi connectivity index (χ1) is 13.6. The van der Waals surface area contributed by atoms with Gasteiger partial charge in [0.1, 0.15) is 5.75 Å². The predicted octanol–water partition coefficient (Wildman–Crippen LogP) is 5.06. The van der Waals surface area contributed by atoms with Crippen molar-refractivity contribution in [2.24, 2.45) is 0 Å². The summed E-state index contributed by atoms with van der Waals surface area (Å²) >= 11 is 0. The summed E-state index contributed by atoms with van der Waals surface area (Å²) in [6, 6.07) is 23.6. The largest absolute Gasteiger partial charge is 0.494 e. The molecule has 0 saturated carbocycles. The summed E-state index contributed by atoms with van der Waals surface area (Å²) in [5.41, 5.74) is 2.71. The summed E-state index contributed by atoms with van der Waals surface area (Å²) in [4.78, 5) is 25.3. The normalized spacial score (nSPS) is 11.5. The van der Waals surface area contributed by atoms with Crippen LogP contribution in [0.25, 0.3) is 0 Å². The molecular formula is C24H23NO3. The van der Waals surface area contributed by atoms with Crippen molar-refractivity contribution in [1.29, 1.82) is 0 Å². The van der Waals surface area contributed by atoms with Crippen molar-refractivity contribution in [3.05, 3.63) is 95.6 Å². The van der Waals surface area contributed by atoms with E-state index in [-0.39, 0.29) is 11.7 Å². The van der Waals surface area contributed by atoms with Crippen LogP contribution in [0.2, 0.25) is 0 Å². The lowest BCUT2D eigenvalue weighted by atomic mass is 9.95. The molecule has 0 fully saturated rings. The van der Waals surface area contributed by atoms with Crippen LogP contribution in [-0.4, -0.2) is 18.3 Å². The van der Waals surface area contributed by atoms with Crippen molar-refractivity contribution in [2.45, 2.75) is 19.8 Å². The van der Waals surface area contributed by atoms with Gasteiger partial charge in [-0.15, -0.1) is 0 Å². The van der Waals surface area contributed by atoms with E-state index in [4.69, 9.17) is 4.74 Å². The zero-order chi connectivity index (χ0) is 19.9. The van der Waals surface area contributed by atoms with E-state index in [1.54, 1.807) is 24.3 Å². The molecule has 0 saturated heterocycles. The first-order valence-corrected chi connectivity index (χ1v) is 9.32. The van der Waals surface area contributed by atoms with Gasteiger partial charge in [0.15, 0.2) is 5.78 Å². The molecule has 0 spiro atoms. The van der Waals surface area contributed by atoms with Gasteiger partial charge in [-0.25, -0.2) is 0 Å². The van der Waals surface area contributed by atoms with Crippen molar-refractivity contribution < 1.29 is 14.3 Å². The Bertz CT molecular complexity index is 949. The van der Waals surface area contributed by atoms with Crippen molar-refractivity contribution in [2.75, 3.05) is 11.9 Å². The van der Waals surface area contributed by atoms with Gasteiger partial charge in [-0.2, -0.15) is 0 Å². The van der Waals surface area contributed by atoms with Crippen LogP contribution < -0.4 is 10.1 Å². The van der Waals surface area contributed by atoms with Gasteiger partial charge in [0.25, 0.3) is 0 Å². The van der Waals surface area contributed by atoms with Gasteiger partial charge in [-0.3, -0.25) is 9.59 Å². The molecule has 0 radical (unpaired) electrons. The van der Waals surface area contributed by atoms with E-state index in [1.165, 1.54) is 0 Å². The number of amides is 1. The number of carbonyl (C=O) groups excluding carboxylic acids is 2. The van der Waals surface area contributed by atoms with E-state index in [1.807, 2.05) is 68.4 Å². The van der Waals surface area contributed by atoms with Gasteiger partial charge in [0.2, 0.25) is 5.91 Å². The molecule has 0 bridgehead atoms. The molecule has 3 aromatic carbocycles. The number of carbonyl (C=O) groups is 2. The van der Waals surface area contributed by atoms with Gasteiger partial charge in [0, 0.05) is 16.8 Å². The molecule has 1 amide bonds. The number of anilines is 1. The molecule has 1 unspecified atom stereocenters. The Balaban J connectivity index is 1.72. The Hall–Kier alpha value is -3.40. The zero-order valence-electron chi connectivity index (χ0n) is 16.0. The third kappa shape index (κ3) is 4.65. The number of rotatable bonds is 7. The number of hydrogen-bond acceptors (Lipinski definition) is 3. The van der Waals surface area contributed by atoms with Crippen LogP contribution in [0.3, 0.4) is 0 Å². The molecule has 0 aliphatic rings. The predicted molar refractivity (Wildman–Crippen MR) is 111 cm³/mol. The van der Waals surface area contributed by atoms with Gasteiger partial charge in [-0.1, -0.05) is 48.5 Å². The average Bonchev–Trinajstić information content (AvgIpc) is 2.75. The summed E-state index contributed by atoms with van der Waals surface area (Å²) in [6.07, 6.45) is 0. The fourth-order valence-corrected chi connectivity index (χ4v) is 2.91. The standard InChI is InChI=1S/C24H23NO3/c1-3-28-22-14-12-21(13-15-22)25-24(27)17(2)19-10-7-11-20(16-19)23(26)18-8-5-4-6-9-18/h4-17H,3H2,1-2H3,(H,25,27). The SMILES string of the molecule is CCOc1ccc(NC(=O)C(C)c2cccc(C(=O)c3ccccc3)c2)cc1. The Morgan fingerprint density at radius 3 is 2.25 bits per heavy atom. The Labute approximate surface area is 165 Å². The van der Waals surface area contributed by atoms with Crippen molar-refractivity contribution in [1.82, 2.24) is 0 Å². The van der Waals surface area contributed by atoms with Gasteiger partial charge < -0.3 is 10.1 Å². The van der Waals surface area contributed by atoms with Gasteiger partial charge >= 0.3 is 0 Å². The van der Waals surface area contributed by atoms with E-state index < -0.39 is 5.92 Å². The first kappa shape index (κ1) is 19.4. The topological polar surface area (TPSA) is 55.4 Å². The first-order valence-electron chi connectivity index (χ1n) is 9.32. The van der Waals surface area contributed by atoms with Crippen LogP contribution in [0.1, 0.15) is 41.3 Å². The molecule has 142 valence electrons. The van der Waals surface area contributed by atoms with Gasteiger partial charge in [0.05, 0.1) is 12.5 Å². The van der Waals surface area contributed by atoms with E-state index in [9.17, 15) is 9.59 Å². The Morgan fingerprint density at radius 2 is 1.57 bits per heavy atom. The molecule has 0 heterocycles. The van der Waals surface area contributed by atoms with Crippen LogP contribution >= 0.6 is 0 Å². The molecule has 4 heteroatoms. The molecule has 0 aliphatic carbocycles. The lowest BCUT2D eigenvalue weighted by molar-refractivity contribution is -0.117. The number of ether oxygens (including phenoxy) is 1. The number of hydrogen-bond donors (Lipinski definition) is 1. The van der Waals surface area contributed by atoms with Crippen molar-refractivity contribution >= 4 is 17.4 Å². The van der Waals surface area contributed by atoms with E-state index in [2.05, 4.69) is 5.32 Å². The third-order valence-electron chi connectivity index (χ3n) is 4.51. The molecule has 1 atom stereocenters. The fraction of sp³-hybridized carbons (Fsp3) is 0.167. The van der Waals surface area contributed by atoms with Crippen LogP contribution in [-0.2, 0) is 4.79 Å². The maximum atomic E-state index is 12.7. The monoisotopic (exact) mass is 373 g/mol. The van der Waals surface area contributed by atoms with Gasteiger partial charge in [-0.05, 0) is 49.7 Å². The summed E-state index contributed by atoms with van der Waals surface area (Å²) in [5.74, 6) is 0.186. The maximum Gasteiger partial charge on any atom is 0.231 e.